The lowest BCUT2D eigenvalue weighted by Crippen LogP contribution is -2.38. The summed E-state index contributed by atoms with van der Waals surface area (Å²) in [6.45, 7) is 4.20. The highest BCUT2D eigenvalue weighted by molar-refractivity contribution is 6.30. The summed E-state index contributed by atoms with van der Waals surface area (Å²) in [5, 5.41) is 4.58. The number of rotatable bonds is 6. The van der Waals surface area contributed by atoms with Gasteiger partial charge in [0.15, 0.2) is 0 Å². The topological polar surface area (TPSA) is 65.2 Å². The molecular formula is C21H22ClN3O2. The van der Waals surface area contributed by atoms with E-state index in [1.807, 2.05) is 49.5 Å². The average Bonchev–Trinajstić information content (AvgIpc) is 3.02. The highest BCUT2D eigenvalue weighted by Gasteiger charge is 2.15. The first-order chi connectivity index (χ1) is 13.0. The molecular weight excluding hydrogens is 362 g/mol. The second-order valence-corrected chi connectivity index (χ2v) is 6.92. The van der Waals surface area contributed by atoms with Gasteiger partial charge < -0.3 is 15.2 Å². The molecule has 140 valence electrons. The van der Waals surface area contributed by atoms with Crippen LogP contribution in [0, 0.1) is 6.92 Å². The number of benzene rings is 2. The van der Waals surface area contributed by atoms with Crippen LogP contribution in [0.1, 0.15) is 18.1 Å². The Morgan fingerprint density at radius 1 is 1.19 bits per heavy atom. The highest BCUT2D eigenvalue weighted by Crippen LogP contribution is 2.23. The maximum absolute atomic E-state index is 12.3. The number of fused-ring (bicyclic) bond motifs is 1. The molecule has 3 rings (SSSR count). The van der Waals surface area contributed by atoms with Crippen molar-refractivity contribution in [2.24, 2.45) is 0 Å². The Balaban J connectivity index is 1.60. The number of halogens is 1. The Kier molecular flexibility index (Phi) is 5.81. The van der Waals surface area contributed by atoms with Crippen molar-refractivity contribution in [3.63, 3.8) is 0 Å². The Morgan fingerprint density at radius 3 is 2.70 bits per heavy atom. The zero-order valence-corrected chi connectivity index (χ0v) is 16.1. The summed E-state index contributed by atoms with van der Waals surface area (Å²) < 4.78 is 0. The van der Waals surface area contributed by atoms with Crippen molar-refractivity contribution < 1.29 is 9.59 Å². The number of hydrogen-bond acceptors (Lipinski definition) is 2. The van der Waals surface area contributed by atoms with Crippen molar-refractivity contribution in [1.29, 1.82) is 0 Å². The highest BCUT2D eigenvalue weighted by atomic mass is 35.5. The molecule has 0 aliphatic rings. The summed E-state index contributed by atoms with van der Waals surface area (Å²) in [6, 6.07) is 13.3. The van der Waals surface area contributed by atoms with Crippen LogP contribution in [0.25, 0.3) is 10.9 Å². The van der Waals surface area contributed by atoms with E-state index in [0.717, 1.165) is 27.7 Å². The molecule has 0 radical (unpaired) electrons. The lowest BCUT2D eigenvalue weighted by atomic mass is 10.1. The fraction of sp³-hybridized carbons (Fsp3) is 0.238. The lowest BCUT2D eigenvalue weighted by molar-refractivity contribution is -0.121. The fourth-order valence-electron chi connectivity index (χ4n) is 3.19. The minimum atomic E-state index is -0.0775. The predicted molar refractivity (Wildman–Crippen MR) is 109 cm³/mol. The molecule has 5 nitrogen and oxygen atoms in total. The summed E-state index contributed by atoms with van der Waals surface area (Å²) in [5.41, 5.74) is 3.70. The van der Waals surface area contributed by atoms with Crippen LogP contribution in [0.4, 0.5) is 5.69 Å². The largest absolute Gasteiger partial charge is 0.361 e. The van der Waals surface area contributed by atoms with Gasteiger partial charge in [-0.3, -0.25) is 9.59 Å². The van der Waals surface area contributed by atoms with Crippen molar-refractivity contribution in [2.75, 3.05) is 18.0 Å². The van der Waals surface area contributed by atoms with Gasteiger partial charge in [-0.15, -0.1) is 0 Å². The first kappa shape index (κ1) is 19.0. The van der Waals surface area contributed by atoms with Gasteiger partial charge in [0.05, 0.1) is 6.42 Å². The normalized spacial score (nSPS) is 10.8. The molecule has 1 aromatic heterocycles. The quantitative estimate of drug-likeness (QED) is 0.679. The van der Waals surface area contributed by atoms with Crippen molar-refractivity contribution in [3.8, 4) is 0 Å². The molecule has 0 unspecified atom stereocenters. The third-order valence-electron chi connectivity index (χ3n) is 4.51. The zero-order valence-electron chi connectivity index (χ0n) is 15.4. The molecule has 0 spiro atoms. The van der Waals surface area contributed by atoms with Crippen molar-refractivity contribution >= 4 is 40.0 Å². The maximum atomic E-state index is 12.3. The van der Waals surface area contributed by atoms with E-state index >= 15 is 0 Å². The van der Waals surface area contributed by atoms with Gasteiger partial charge in [0, 0.05) is 47.8 Å². The second kappa shape index (κ2) is 8.27. The number of anilines is 1. The summed E-state index contributed by atoms with van der Waals surface area (Å²) >= 11 is 5.99. The van der Waals surface area contributed by atoms with E-state index in [4.69, 9.17) is 11.6 Å². The predicted octanol–water partition coefficient (Wildman–Crippen LogP) is 3.84. The first-order valence-corrected chi connectivity index (χ1v) is 9.19. The van der Waals surface area contributed by atoms with Crippen LogP contribution < -0.4 is 10.2 Å². The number of para-hydroxylation sites is 1. The fourth-order valence-corrected chi connectivity index (χ4v) is 3.42. The van der Waals surface area contributed by atoms with Crippen LogP contribution in [0.3, 0.4) is 0 Å². The molecule has 2 N–H and O–H groups in total. The number of carbonyl (C=O) groups is 2. The van der Waals surface area contributed by atoms with E-state index in [9.17, 15) is 9.59 Å². The Hall–Kier alpha value is -2.79. The third-order valence-corrected chi connectivity index (χ3v) is 4.75. The van der Waals surface area contributed by atoms with Crippen molar-refractivity contribution in [1.82, 2.24) is 10.3 Å². The number of amides is 2. The maximum Gasteiger partial charge on any atom is 0.224 e. The average molecular weight is 384 g/mol. The monoisotopic (exact) mass is 383 g/mol. The van der Waals surface area contributed by atoms with Crippen LogP contribution >= 0.6 is 11.6 Å². The van der Waals surface area contributed by atoms with Crippen LogP contribution in [0.2, 0.25) is 5.02 Å². The number of aryl methyl sites for hydroxylation is 1. The van der Waals surface area contributed by atoms with Gasteiger partial charge in [-0.05, 0) is 42.3 Å². The smallest absolute Gasteiger partial charge is 0.224 e. The van der Waals surface area contributed by atoms with Crippen LogP contribution in [-0.4, -0.2) is 29.9 Å². The minimum absolute atomic E-state index is 0.0731. The zero-order chi connectivity index (χ0) is 19.4. The van der Waals surface area contributed by atoms with E-state index in [2.05, 4.69) is 10.3 Å². The van der Waals surface area contributed by atoms with Crippen LogP contribution in [0.15, 0.2) is 48.7 Å². The first-order valence-electron chi connectivity index (χ1n) is 8.81. The molecule has 0 bridgehead atoms. The number of aromatic amines is 1. The van der Waals surface area contributed by atoms with E-state index in [1.54, 1.807) is 11.0 Å². The summed E-state index contributed by atoms with van der Waals surface area (Å²) in [4.78, 5) is 29.2. The molecule has 0 saturated heterocycles. The molecule has 2 aromatic carbocycles. The van der Waals surface area contributed by atoms with Gasteiger partial charge in [0.2, 0.25) is 11.8 Å². The number of nitrogens with one attached hydrogen (secondary N) is 2. The number of H-pyrrole nitrogens is 1. The Bertz CT molecular complexity index is 980. The van der Waals surface area contributed by atoms with Crippen LogP contribution in [-0.2, 0) is 16.0 Å². The molecule has 27 heavy (non-hydrogen) atoms. The minimum Gasteiger partial charge on any atom is -0.361 e. The Labute approximate surface area is 163 Å². The molecule has 2 amide bonds. The Morgan fingerprint density at radius 2 is 1.96 bits per heavy atom. The van der Waals surface area contributed by atoms with Gasteiger partial charge in [0.1, 0.15) is 0 Å². The summed E-state index contributed by atoms with van der Waals surface area (Å²) in [7, 11) is 0. The molecule has 1 heterocycles. The van der Waals surface area contributed by atoms with E-state index < -0.39 is 0 Å². The standard InChI is InChI=1S/C21H22ClN3O2/c1-14-11-17(22)7-8-20(14)25(15(2)26)10-9-23-21(27)12-16-13-24-19-6-4-3-5-18(16)19/h3-8,11,13,24H,9-10,12H2,1-2H3,(H,23,27). The molecule has 0 saturated carbocycles. The van der Waals surface area contributed by atoms with E-state index in [0.29, 0.717) is 24.5 Å². The summed E-state index contributed by atoms with van der Waals surface area (Å²) in [5.74, 6) is -0.151. The van der Waals surface area contributed by atoms with E-state index in [-0.39, 0.29) is 11.8 Å². The SMILES string of the molecule is CC(=O)N(CCNC(=O)Cc1c[nH]c2ccccc12)c1ccc(Cl)cc1C. The molecule has 3 aromatic rings. The lowest BCUT2D eigenvalue weighted by Gasteiger charge is -2.23. The molecule has 0 atom stereocenters. The molecule has 0 aliphatic heterocycles. The number of hydrogen-bond donors (Lipinski definition) is 2. The number of nitrogens with zero attached hydrogens (tertiary/aromatic N) is 1. The number of carbonyl (C=O) groups excluding carboxylic acids is 2. The van der Waals surface area contributed by atoms with Gasteiger partial charge in [-0.1, -0.05) is 29.8 Å². The van der Waals surface area contributed by atoms with Gasteiger partial charge in [-0.2, -0.15) is 0 Å². The van der Waals surface area contributed by atoms with Gasteiger partial charge in [0.25, 0.3) is 0 Å². The second-order valence-electron chi connectivity index (χ2n) is 6.49. The van der Waals surface area contributed by atoms with Crippen LogP contribution in [0.5, 0.6) is 0 Å². The molecule has 6 heteroatoms. The summed E-state index contributed by atoms with van der Waals surface area (Å²) in [6.07, 6.45) is 2.16. The van der Waals surface area contributed by atoms with Crippen molar-refractivity contribution in [3.05, 3.63) is 64.8 Å². The number of aromatic nitrogens is 1. The van der Waals surface area contributed by atoms with Gasteiger partial charge in [-0.25, -0.2) is 0 Å². The molecule has 0 fully saturated rings. The molecule has 0 aliphatic carbocycles. The third kappa shape index (κ3) is 4.49. The van der Waals surface area contributed by atoms with Crippen molar-refractivity contribution in [2.45, 2.75) is 20.3 Å². The van der Waals surface area contributed by atoms with Gasteiger partial charge >= 0.3 is 0 Å². The van der Waals surface area contributed by atoms with E-state index in [1.165, 1.54) is 6.92 Å².